The van der Waals surface area contributed by atoms with Crippen LogP contribution in [0.3, 0.4) is 0 Å². The summed E-state index contributed by atoms with van der Waals surface area (Å²) in [5.74, 6) is -1.39. The fourth-order valence-electron chi connectivity index (χ4n) is 2.26. The Morgan fingerprint density at radius 1 is 1.40 bits per heavy atom. The molecule has 112 valence electrons. The van der Waals surface area contributed by atoms with E-state index < -0.39 is 11.6 Å². The van der Waals surface area contributed by atoms with Gasteiger partial charge in [0.15, 0.2) is 11.6 Å². The Hall–Kier alpha value is -0.910. The summed E-state index contributed by atoms with van der Waals surface area (Å²) in [6.45, 7) is 4.40. The Bertz CT molecular complexity index is 453. The third-order valence-electron chi connectivity index (χ3n) is 3.38. The SMILES string of the molecule is CCOC[C@H](Oc1c(F)ccc(F)c1Cl)[C@H]1CCNC1. The molecule has 2 atom stereocenters. The van der Waals surface area contributed by atoms with Crippen molar-refractivity contribution >= 4 is 11.6 Å². The van der Waals surface area contributed by atoms with Gasteiger partial charge in [-0.05, 0) is 32.0 Å². The highest BCUT2D eigenvalue weighted by molar-refractivity contribution is 6.32. The Labute approximate surface area is 122 Å². The summed E-state index contributed by atoms with van der Waals surface area (Å²) in [5, 5.41) is 2.90. The largest absolute Gasteiger partial charge is 0.483 e. The van der Waals surface area contributed by atoms with Crippen molar-refractivity contribution < 1.29 is 18.3 Å². The van der Waals surface area contributed by atoms with Crippen LogP contribution in [-0.2, 0) is 4.74 Å². The molecule has 0 aliphatic carbocycles. The Kier molecular flexibility index (Phi) is 5.57. The fraction of sp³-hybridized carbons (Fsp3) is 0.571. The third kappa shape index (κ3) is 3.59. The second kappa shape index (κ2) is 7.20. The highest BCUT2D eigenvalue weighted by atomic mass is 35.5. The first kappa shape index (κ1) is 15.5. The van der Waals surface area contributed by atoms with E-state index in [1.54, 1.807) is 0 Å². The number of halogens is 3. The van der Waals surface area contributed by atoms with Gasteiger partial charge in [-0.25, -0.2) is 8.78 Å². The van der Waals surface area contributed by atoms with Gasteiger partial charge in [-0.3, -0.25) is 0 Å². The van der Waals surface area contributed by atoms with Gasteiger partial charge in [-0.2, -0.15) is 0 Å². The van der Waals surface area contributed by atoms with Gasteiger partial charge in [0.1, 0.15) is 16.9 Å². The Morgan fingerprint density at radius 3 is 2.80 bits per heavy atom. The van der Waals surface area contributed by atoms with Crippen molar-refractivity contribution in [3.63, 3.8) is 0 Å². The number of nitrogens with one attached hydrogen (secondary N) is 1. The van der Waals surface area contributed by atoms with Crippen molar-refractivity contribution in [3.05, 3.63) is 28.8 Å². The monoisotopic (exact) mass is 305 g/mol. The molecule has 1 aliphatic heterocycles. The molecule has 2 rings (SSSR count). The standard InChI is InChI=1S/C14H18ClF2NO2/c1-2-19-8-12(9-5-6-18-7-9)20-14-11(17)4-3-10(16)13(14)15/h3-4,9,12,18H,2,5-8H2,1H3/t9-,12-/m0/s1. The first-order chi connectivity index (χ1) is 9.63. The molecule has 1 aromatic rings. The summed E-state index contributed by atoms with van der Waals surface area (Å²) in [5.41, 5.74) is 0. The van der Waals surface area contributed by atoms with Crippen molar-refractivity contribution in [1.29, 1.82) is 0 Å². The lowest BCUT2D eigenvalue weighted by molar-refractivity contribution is 0.0270. The molecule has 1 saturated heterocycles. The van der Waals surface area contributed by atoms with Gasteiger partial charge in [-0.1, -0.05) is 11.6 Å². The average Bonchev–Trinajstić information content (AvgIpc) is 2.96. The second-order valence-corrected chi connectivity index (χ2v) is 5.12. The van der Waals surface area contributed by atoms with Crippen LogP contribution in [0.25, 0.3) is 0 Å². The molecular weight excluding hydrogens is 288 g/mol. The summed E-state index contributed by atoms with van der Waals surface area (Å²) in [4.78, 5) is 0. The van der Waals surface area contributed by atoms with Gasteiger partial charge < -0.3 is 14.8 Å². The third-order valence-corrected chi connectivity index (χ3v) is 3.73. The van der Waals surface area contributed by atoms with Crippen LogP contribution in [0, 0.1) is 17.6 Å². The molecule has 0 spiro atoms. The topological polar surface area (TPSA) is 30.5 Å². The first-order valence-corrected chi connectivity index (χ1v) is 7.10. The summed E-state index contributed by atoms with van der Waals surface area (Å²) >= 11 is 5.79. The molecule has 1 heterocycles. The minimum Gasteiger partial charge on any atom is -0.483 e. The van der Waals surface area contributed by atoms with Crippen LogP contribution in [0.5, 0.6) is 5.75 Å². The van der Waals surface area contributed by atoms with Crippen LogP contribution in [0.2, 0.25) is 5.02 Å². The fourth-order valence-corrected chi connectivity index (χ4v) is 2.46. The van der Waals surface area contributed by atoms with E-state index in [1.165, 1.54) is 0 Å². The van der Waals surface area contributed by atoms with E-state index in [2.05, 4.69) is 5.32 Å². The van der Waals surface area contributed by atoms with E-state index in [4.69, 9.17) is 21.1 Å². The number of ether oxygens (including phenoxy) is 2. The molecule has 0 bridgehead atoms. The lowest BCUT2D eigenvalue weighted by Gasteiger charge is -2.25. The van der Waals surface area contributed by atoms with Gasteiger partial charge in [0.2, 0.25) is 0 Å². The van der Waals surface area contributed by atoms with Crippen molar-refractivity contribution in [3.8, 4) is 5.75 Å². The number of benzene rings is 1. The molecular formula is C14H18ClF2NO2. The Morgan fingerprint density at radius 2 is 2.15 bits per heavy atom. The lowest BCUT2D eigenvalue weighted by atomic mass is 10.0. The van der Waals surface area contributed by atoms with Crippen molar-refractivity contribution in [1.82, 2.24) is 5.32 Å². The quantitative estimate of drug-likeness (QED) is 0.820. The summed E-state index contributed by atoms with van der Waals surface area (Å²) in [6.07, 6.45) is 0.561. The molecule has 6 heteroatoms. The van der Waals surface area contributed by atoms with Gasteiger partial charge in [-0.15, -0.1) is 0 Å². The maximum Gasteiger partial charge on any atom is 0.177 e. The minimum atomic E-state index is -0.692. The van der Waals surface area contributed by atoms with Crippen LogP contribution < -0.4 is 10.1 Å². The van der Waals surface area contributed by atoms with Crippen LogP contribution in [0.4, 0.5) is 8.78 Å². The number of hydrogen-bond acceptors (Lipinski definition) is 3. The van der Waals surface area contributed by atoms with E-state index in [9.17, 15) is 8.78 Å². The molecule has 1 fully saturated rings. The van der Waals surface area contributed by atoms with Crippen molar-refractivity contribution in [2.45, 2.75) is 19.4 Å². The van der Waals surface area contributed by atoms with E-state index in [1.807, 2.05) is 6.92 Å². The Balaban J connectivity index is 2.16. The molecule has 20 heavy (non-hydrogen) atoms. The maximum absolute atomic E-state index is 13.8. The number of hydrogen-bond donors (Lipinski definition) is 1. The van der Waals surface area contributed by atoms with Gasteiger partial charge in [0.25, 0.3) is 0 Å². The maximum atomic E-state index is 13.8. The summed E-state index contributed by atoms with van der Waals surface area (Å²) in [6, 6.07) is 2.00. The minimum absolute atomic E-state index is 0.195. The molecule has 0 saturated carbocycles. The van der Waals surface area contributed by atoms with Crippen molar-refractivity contribution in [2.75, 3.05) is 26.3 Å². The normalized spacial score (nSPS) is 20.1. The van der Waals surface area contributed by atoms with Gasteiger partial charge in [0, 0.05) is 19.1 Å². The van der Waals surface area contributed by atoms with Crippen LogP contribution in [-0.4, -0.2) is 32.4 Å². The molecule has 0 aromatic heterocycles. The lowest BCUT2D eigenvalue weighted by Crippen LogP contribution is -2.33. The molecule has 0 unspecified atom stereocenters. The zero-order valence-corrected chi connectivity index (χ0v) is 12.1. The average molecular weight is 306 g/mol. The molecule has 0 amide bonds. The molecule has 3 nitrogen and oxygen atoms in total. The highest BCUT2D eigenvalue weighted by Crippen LogP contribution is 2.32. The molecule has 1 N–H and O–H groups in total. The predicted octanol–water partition coefficient (Wildman–Crippen LogP) is 3.01. The zero-order chi connectivity index (χ0) is 14.5. The van der Waals surface area contributed by atoms with Crippen LogP contribution in [0.15, 0.2) is 12.1 Å². The second-order valence-electron chi connectivity index (χ2n) is 4.74. The highest BCUT2D eigenvalue weighted by Gasteiger charge is 2.28. The van der Waals surface area contributed by atoms with Gasteiger partial charge in [0.05, 0.1) is 6.61 Å². The summed E-state index contributed by atoms with van der Waals surface area (Å²) in [7, 11) is 0. The smallest absolute Gasteiger partial charge is 0.177 e. The zero-order valence-electron chi connectivity index (χ0n) is 11.3. The van der Waals surface area contributed by atoms with Gasteiger partial charge >= 0.3 is 0 Å². The first-order valence-electron chi connectivity index (χ1n) is 6.72. The molecule has 0 radical (unpaired) electrons. The van der Waals surface area contributed by atoms with E-state index in [0.29, 0.717) is 13.2 Å². The van der Waals surface area contributed by atoms with E-state index in [0.717, 1.165) is 31.6 Å². The van der Waals surface area contributed by atoms with Crippen LogP contribution in [0.1, 0.15) is 13.3 Å². The van der Waals surface area contributed by atoms with Crippen LogP contribution >= 0.6 is 11.6 Å². The van der Waals surface area contributed by atoms with E-state index in [-0.39, 0.29) is 22.8 Å². The molecule has 1 aromatic carbocycles. The predicted molar refractivity (Wildman–Crippen MR) is 73.3 cm³/mol. The van der Waals surface area contributed by atoms with Crippen molar-refractivity contribution in [2.24, 2.45) is 5.92 Å². The van der Waals surface area contributed by atoms with E-state index >= 15 is 0 Å². The summed E-state index contributed by atoms with van der Waals surface area (Å²) < 4.78 is 38.2. The molecule has 1 aliphatic rings. The number of rotatable bonds is 6.